The second-order valence-corrected chi connectivity index (χ2v) is 7.12. The minimum absolute atomic E-state index is 0.0358. The molecule has 118 valence electrons. The largest absolute Gasteiger partial charge is 0.376 e. The highest BCUT2D eigenvalue weighted by molar-refractivity contribution is 7.19. The van der Waals surface area contributed by atoms with E-state index >= 15 is 0 Å². The topological polar surface area (TPSA) is 44.1 Å². The number of aromatic nitrogens is 2. The van der Waals surface area contributed by atoms with Crippen LogP contribution in [0.2, 0.25) is 0 Å². The monoisotopic (exact) mass is 326 g/mol. The molecule has 0 aliphatic carbocycles. The van der Waals surface area contributed by atoms with Gasteiger partial charge in [0.05, 0.1) is 24.4 Å². The number of hydrogen-bond acceptors (Lipinski definition) is 4. The highest BCUT2D eigenvalue weighted by Gasteiger charge is 2.20. The third-order valence-electron chi connectivity index (χ3n) is 4.34. The van der Waals surface area contributed by atoms with Crippen molar-refractivity contribution in [1.29, 1.82) is 0 Å². The molecule has 1 unspecified atom stereocenters. The van der Waals surface area contributed by atoms with Gasteiger partial charge in [0.15, 0.2) is 0 Å². The van der Waals surface area contributed by atoms with Crippen molar-refractivity contribution in [3.63, 3.8) is 0 Å². The van der Waals surface area contributed by atoms with Crippen LogP contribution >= 0.6 is 11.3 Å². The number of thiophene rings is 1. The van der Waals surface area contributed by atoms with Gasteiger partial charge < -0.3 is 4.74 Å². The molecule has 0 N–H and O–H groups in total. The number of hydrogen-bond donors (Lipinski definition) is 0. The van der Waals surface area contributed by atoms with Gasteiger partial charge in [-0.1, -0.05) is 30.3 Å². The van der Waals surface area contributed by atoms with Gasteiger partial charge >= 0.3 is 0 Å². The Hall–Kier alpha value is -1.98. The Labute approximate surface area is 138 Å². The molecule has 0 bridgehead atoms. The van der Waals surface area contributed by atoms with Gasteiger partial charge in [0.1, 0.15) is 4.83 Å². The predicted octanol–water partition coefficient (Wildman–Crippen LogP) is 3.61. The van der Waals surface area contributed by atoms with E-state index in [1.807, 2.05) is 30.3 Å². The summed E-state index contributed by atoms with van der Waals surface area (Å²) in [4.78, 5) is 19.5. The maximum Gasteiger partial charge on any atom is 0.262 e. The van der Waals surface area contributed by atoms with E-state index in [-0.39, 0.29) is 11.7 Å². The van der Waals surface area contributed by atoms with Crippen molar-refractivity contribution in [3.8, 4) is 11.1 Å². The van der Waals surface area contributed by atoms with Crippen LogP contribution < -0.4 is 5.56 Å². The standard InChI is InChI=1S/C18H18N2O2S/c1-12-15(13-6-3-2-4-7-13)16-17(23-12)19-11-20(18(16)21)10-14-8-5-9-22-14/h2-4,6-7,11,14H,5,8-10H2,1H3. The van der Waals surface area contributed by atoms with Gasteiger partial charge in [-0.05, 0) is 25.3 Å². The molecule has 2 aromatic heterocycles. The lowest BCUT2D eigenvalue weighted by molar-refractivity contribution is 0.0960. The number of benzene rings is 1. The van der Waals surface area contributed by atoms with E-state index in [1.54, 1.807) is 22.2 Å². The van der Waals surface area contributed by atoms with Crippen LogP contribution in [0.15, 0.2) is 41.5 Å². The summed E-state index contributed by atoms with van der Waals surface area (Å²) in [6.45, 7) is 3.44. The van der Waals surface area contributed by atoms with E-state index in [0.717, 1.165) is 45.7 Å². The molecular formula is C18H18N2O2S. The minimum atomic E-state index is 0.0358. The molecule has 0 amide bonds. The van der Waals surface area contributed by atoms with E-state index in [1.165, 1.54) is 0 Å². The summed E-state index contributed by atoms with van der Waals surface area (Å²) in [6.07, 6.45) is 3.88. The van der Waals surface area contributed by atoms with E-state index in [4.69, 9.17) is 4.74 Å². The fraction of sp³-hybridized carbons (Fsp3) is 0.333. The first kappa shape index (κ1) is 14.6. The molecule has 0 spiro atoms. The summed E-state index contributed by atoms with van der Waals surface area (Å²) in [5.74, 6) is 0. The van der Waals surface area contributed by atoms with Gasteiger partial charge in [-0.15, -0.1) is 11.3 Å². The number of nitrogens with zero attached hydrogens (tertiary/aromatic N) is 2. The number of aryl methyl sites for hydroxylation is 1. The summed E-state index contributed by atoms with van der Waals surface area (Å²) in [6, 6.07) is 10.1. The highest BCUT2D eigenvalue weighted by atomic mass is 32.1. The third kappa shape index (κ3) is 2.60. The van der Waals surface area contributed by atoms with Crippen molar-refractivity contribution in [3.05, 3.63) is 51.9 Å². The molecular weight excluding hydrogens is 308 g/mol. The molecule has 5 heteroatoms. The summed E-state index contributed by atoms with van der Waals surface area (Å²) >= 11 is 1.58. The first-order chi connectivity index (χ1) is 11.2. The van der Waals surface area contributed by atoms with Crippen molar-refractivity contribution in [2.45, 2.75) is 32.4 Å². The fourth-order valence-electron chi connectivity index (χ4n) is 3.23. The Bertz CT molecular complexity index is 893. The van der Waals surface area contributed by atoms with Crippen molar-refractivity contribution in [2.75, 3.05) is 6.61 Å². The van der Waals surface area contributed by atoms with Crippen LogP contribution in [0.3, 0.4) is 0 Å². The molecule has 3 aromatic rings. The second kappa shape index (κ2) is 5.91. The van der Waals surface area contributed by atoms with E-state index in [2.05, 4.69) is 11.9 Å². The van der Waals surface area contributed by atoms with Gasteiger partial charge in [-0.2, -0.15) is 0 Å². The van der Waals surface area contributed by atoms with Crippen LogP contribution in [0.4, 0.5) is 0 Å². The van der Waals surface area contributed by atoms with Crippen molar-refractivity contribution < 1.29 is 4.74 Å². The molecule has 1 aliphatic rings. The summed E-state index contributed by atoms with van der Waals surface area (Å²) in [5.41, 5.74) is 2.13. The molecule has 1 fully saturated rings. The summed E-state index contributed by atoms with van der Waals surface area (Å²) in [7, 11) is 0. The lowest BCUT2D eigenvalue weighted by atomic mass is 10.0. The molecule has 0 saturated carbocycles. The Morgan fingerprint density at radius 2 is 2.17 bits per heavy atom. The molecule has 1 aromatic carbocycles. The van der Waals surface area contributed by atoms with E-state index in [0.29, 0.717) is 6.54 Å². The zero-order valence-electron chi connectivity index (χ0n) is 13.0. The predicted molar refractivity (Wildman–Crippen MR) is 93.0 cm³/mol. The number of fused-ring (bicyclic) bond motifs is 1. The third-order valence-corrected chi connectivity index (χ3v) is 5.35. The second-order valence-electron chi connectivity index (χ2n) is 5.92. The Kier molecular flexibility index (Phi) is 3.75. The molecule has 1 atom stereocenters. The molecule has 0 radical (unpaired) electrons. The van der Waals surface area contributed by atoms with Crippen LogP contribution in [0.1, 0.15) is 17.7 Å². The molecule has 4 rings (SSSR count). The summed E-state index contributed by atoms with van der Waals surface area (Å²) in [5, 5.41) is 0.735. The zero-order valence-corrected chi connectivity index (χ0v) is 13.8. The molecule has 4 nitrogen and oxygen atoms in total. The lowest BCUT2D eigenvalue weighted by Crippen LogP contribution is -2.26. The molecule has 3 heterocycles. The van der Waals surface area contributed by atoms with Crippen molar-refractivity contribution >= 4 is 21.6 Å². The van der Waals surface area contributed by atoms with Gasteiger partial charge in [0.25, 0.3) is 5.56 Å². The van der Waals surface area contributed by atoms with Crippen molar-refractivity contribution in [2.24, 2.45) is 0 Å². The first-order valence-electron chi connectivity index (χ1n) is 7.89. The van der Waals surface area contributed by atoms with Crippen molar-refractivity contribution in [1.82, 2.24) is 9.55 Å². The van der Waals surface area contributed by atoms with Gasteiger partial charge in [-0.25, -0.2) is 4.98 Å². The first-order valence-corrected chi connectivity index (χ1v) is 8.71. The average Bonchev–Trinajstić information content (AvgIpc) is 3.18. The SMILES string of the molecule is Cc1sc2ncn(CC3CCCO3)c(=O)c2c1-c1ccccc1. The van der Waals surface area contributed by atoms with E-state index < -0.39 is 0 Å². The molecule has 1 aliphatic heterocycles. The van der Waals surface area contributed by atoms with Gasteiger partial charge in [0.2, 0.25) is 0 Å². The van der Waals surface area contributed by atoms with E-state index in [9.17, 15) is 4.79 Å². The number of rotatable bonds is 3. The Balaban J connectivity index is 1.87. The minimum Gasteiger partial charge on any atom is -0.376 e. The lowest BCUT2D eigenvalue weighted by Gasteiger charge is -2.11. The van der Waals surface area contributed by atoms with Gasteiger partial charge in [-0.3, -0.25) is 9.36 Å². The average molecular weight is 326 g/mol. The number of ether oxygens (including phenoxy) is 1. The van der Waals surface area contributed by atoms with Crippen LogP contribution in [0, 0.1) is 6.92 Å². The zero-order chi connectivity index (χ0) is 15.8. The van der Waals surface area contributed by atoms with Gasteiger partial charge in [0, 0.05) is 17.0 Å². The van der Waals surface area contributed by atoms with Crippen LogP contribution in [-0.2, 0) is 11.3 Å². The van der Waals surface area contributed by atoms with Crippen LogP contribution in [0.25, 0.3) is 21.3 Å². The normalized spacial score (nSPS) is 17.9. The maximum atomic E-state index is 13.0. The van der Waals surface area contributed by atoms with Crippen LogP contribution in [0.5, 0.6) is 0 Å². The molecule has 23 heavy (non-hydrogen) atoms. The van der Waals surface area contributed by atoms with Crippen LogP contribution in [-0.4, -0.2) is 22.3 Å². The Morgan fingerprint density at radius 3 is 2.91 bits per heavy atom. The Morgan fingerprint density at radius 1 is 1.35 bits per heavy atom. The highest BCUT2D eigenvalue weighted by Crippen LogP contribution is 2.35. The quantitative estimate of drug-likeness (QED) is 0.738. The molecule has 1 saturated heterocycles. The smallest absolute Gasteiger partial charge is 0.262 e. The summed E-state index contributed by atoms with van der Waals surface area (Å²) < 4.78 is 7.36. The fourth-order valence-corrected chi connectivity index (χ4v) is 4.23. The maximum absolute atomic E-state index is 13.0.